The molecule has 3 aromatic carbocycles. The number of rotatable bonds is 3. The molecule has 2 fully saturated rings. The van der Waals surface area contributed by atoms with Gasteiger partial charge in [0.1, 0.15) is 5.41 Å². The number of aryl methyl sites for hydroxylation is 1. The molecule has 3 aliphatic rings. The number of carbonyl (C=O) groups is 2. The van der Waals surface area contributed by atoms with E-state index in [9.17, 15) is 9.59 Å². The van der Waals surface area contributed by atoms with E-state index in [0.717, 1.165) is 16.8 Å². The third-order valence-corrected chi connectivity index (χ3v) is 8.59. The molecule has 194 valence electrons. The molecule has 6 nitrogen and oxygen atoms in total. The van der Waals surface area contributed by atoms with Gasteiger partial charge in [-0.05, 0) is 89.2 Å². The Morgan fingerprint density at radius 2 is 1.39 bits per heavy atom. The first-order valence-electron chi connectivity index (χ1n) is 12.5. The number of hydrogen-bond acceptors (Lipinski definition) is 4. The zero-order chi connectivity index (χ0) is 27.2. The molecule has 0 radical (unpaired) electrons. The summed E-state index contributed by atoms with van der Waals surface area (Å²) in [5, 5.41) is 1.16. The minimum Gasteiger partial charge on any atom is -0.453 e. The van der Waals surface area contributed by atoms with Crippen LogP contribution in [0.3, 0.4) is 0 Å². The van der Waals surface area contributed by atoms with Gasteiger partial charge in [-0.1, -0.05) is 40.9 Å². The fraction of sp³-hybridized carbons (Fsp3) is 0.300. The summed E-state index contributed by atoms with van der Waals surface area (Å²) in [6.07, 6.45) is -0.638. The molecular weight excluding hydrogens is 521 g/mol. The zero-order valence-corrected chi connectivity index (χ0v) is 23.3. The highest BCUT2D eigenvalue weighted by Gasteiger charge is 2.74. The van der Waals surface area contributed by atoms with Crippen molar-refractivity contribution in [3.8, 4) is 0 Å². The lowest BCUT2D eigenvalue weighted by Crippen LogP contribution is -2.78. The van der Waals surface area contributed by atoms with Crippen molar-refractivity contribution in [1.29, 1.82) is 0 Å². The lowest BCUT2D eigenvalue weighted by molar-refractivity contribution is -0.151. The van der Waals surface area contributed by atoms with Gasteiger partial charge in [-0.3, -0.25) is 19.4 Å². The first kappa shape index (κ1) is 25.0. The van der Waals surface area contributed by atoms with Crippen molar-refractivity contribution in [2.45, 2.75) is 46.4 Å². The molecule has 2 atom stereocenters. The van der Waals surface area contributed by atoms with Crippen molar-refractivity contribution in [2.24, 2.45) is 15.8 Å². The quantitative estimate of drug-likeness (QED) is 0.330. The number of anilines is 2. The fourth-order valence-electron chi connectivity index (χ4n) is 5.93. The first-order chi connectivity index (χ1) is 17.9. The maximum absolute atomic E-state index is 13.7. The van der Waals surface area contributed by atoms with Gasteiger partial charge in [0.05, 0.1) is 11.1 Å². The topological polar surface area (TPSA) is 62.2 Å². The standard InChI is InChI=1S/C30H27Cl2N3O3/c1-17-6-15-23-22(16-17)30(29(4,5)26(37)35(30)21-13-9-19(32)10-14-21)24(33-23)38-27-28(2,3)25(36)34(27)20-11-7-18(31)8-12-20/h6-16,27H,1-5H3/t27-,30+/m0/s1. The van der Waals surface area contributed by atoms with Gasteiger partial charge in [0.15, 0.2) is 11.8 Å². The third-order valence-electron chi connectivity index (χ3n) is 8.09. The average Bonchev–Trinajstić information content (AvgIpc) is 3.21. The Labute approximate surface area is 231 Å². The van der Waals surface area contributed by atoms with Crippen LogP contribution < -0.4 is 9.80 Å². The molecular formula is C30H27Cl2N3O3. The van der Waals surface area contributed by atoms with Crippen LogP contribution in [-0.4, -0.2) is 23.9 Å². The number of ether oxygens (including phenoxy) is 1. The maximum Gasteiger partial charge on any atom is 0.241 e. The van der Waals surface area contributed by atoms with Crippen LogP contribution in [0, 0.1) is 17.8 Å². The molecule has 8 heteroatoms. The van der Waals surface area contributed by atoms with Crippen LogP contribution in [0.4, 0.5) is 17.1 Å². The Morgan fingerprint density at radius 3 is 2.00 bits per heavy atom. The number of benzene rings is 3. The van der Waals surface area contributed by atoms with Crippen molar-refractivity contribution in [1.82, 2.24) is 0 Å². The fourth-order valence-corrected chi connectivity index (χ4v) is 6.18. The first-order valence-corrected chi connectivity index (χ1v) is 13.2. The number of fused-ring (bicyclic) bond motifs is 2. The molecule has 3 aliphatic heterocycles. The van der Waals surface area contributed by atoms with E-state index in [-0.39, 0.29) is 11.8 Å². The van der Waals surface area contributed by atoms with Crippen molar-refractivity contribution < 1.29 is 14.3 Å². The van der Waals surface area contributed by atoms with E-state index >= 15 is 0 Å². The van der Waals surface area contributed by atoms with E-state index in [2.05, 4.69) is 6.07 Å². The van der Waals surface area contributed by atoms with E-state index in [1.54, 1.807) is 46.2 Å². The van der Waals surface area contributed by atoms with Crippen LogP contribution in [0.1, 0.15) is 38.8 Å². The van der Waals surface area contributed by atoms with E-state index in [1.165, 1.54) is 0 Å². The highest BCUT2D eigenvalue weighted by molar-refractivity contribution is 6.31. The average molecular weight is 548 g/mol. The number of halogens is 2. The molecule has 0 bridgehead atoms. The predicted octanol–water partition coefficient (Wildman–Crippen LogP) is 7.03. The number of hydrogen-bond donors (Lipinski definition) is 0. The number of amides is 2. The molecule has 38 heavy (non-hydrogen) atoms. The SMILES string of the molecule is Cc1ccc2c(c1)[C@]1(C(O[C@@H]3N(c4ccc(Cl)cc4)C(=O)C3(C)C)=N2)N(c2ccc(Cl)cc2)C(=O)C1(C)C. The van der Waals surface area contributed by atoms with Gasteiger partial charge in [-0.25, -0.2) is 4.99 Å². The summed E-state index contributed by atoms with van der Waals surface area (Å²) in [5.41, 5.74) is 1.39. The van der Waals surface area contributed by atoms with Gasteiger partial charge >= 0.3 is 0 Å². The molecule has 3 aromatic rings. The summed E-state index contributed by atoms with van der Waals surface area (Å²) < 4.78 is 6.77. The molecule has 0 saturated carbocycles. The Hall–Kier alpha value is -3.35. The van der Waals surface area contributed by atoms with Crippen molar-refractivity contribution in [2.75, 3.05) is 9.80 Å². The van der Waals surface area contributed by atoms with Crippen LogP contribution >= 0.6 is 23.2 Å². The summed E-state index contributed by atoms with van der Waals surface area (Å²) in [6.45, 7) is 9.58. The molecule has 1 spiro atoms. The van der Waals surface area contributed by atoms with Gasteiger partial charge in [-0.2, -0.15) is 0 Å². The van der Waals surface area contributed by atoms with Crippen LogP contribution in [0.5, 0.6) is 0 Å². The second-order valence-electron chi connectivity index (χ2n) is 11.2. The minimum absolute atomic E-state index is 0.0519. The summed E-state index contributed by atoms with van der Waals surface area (Å²) in [5.74, 6) is 0.274. The maximum atomic E-state index is 13.7. The lowest BCUT2D eigenvalue weighted by Gasteiger charge is -2.62. The Balaban J connectivity index is 1.49. The highest BCUT2D eigenvalue weighted by atomic mass is 35.5. The van der Waals surface area contributed by atoms with Crippen molar-refractivity contribution in [3.63, 3.8) is 0 Å². The van der Waals surface area contributed by atoms with E-state index < -0.39 is 22.6 Å². The van der Waals surface area contributed by atoms with E-state index in [1.807, 2.05) is 58.9 Å². The van der Waals surface area contributed by atoms with Gasteiger partial charge < -0.3 is 4.74 Å². The van der Waals surface area contributed by atoms with Crippen LogP contribution in [0.2, 0.25) is 10.0 Å². The molecule has 3 heterocycles. The molecule has 0 unspecified atom stereocenters. The van der Waals surface area contributed by atoms with E-state index in [0.29, 0.717) is 27.3 Å². The Kier molecular flexibility index (Phi) is 5.30. The zero-order valence-electron chi connectivity index (χ0n) is 21.8. The largest absolute Gasteiger partial charge is 0.453 e. The van der Waals surface area contributed by atoms with Gasteiger partial charge in [0.25, 0.3) is 0 Å². The third kappa shape index (κ3) is 3.10. The lowest BCUT2D eigenvalue weighted by atomic mass is 9.59. The summed E-state index contributed by atoms with van der Waals surface area (Å²) in [7, 11) is 0. The number of nitrogens with zero attached hydrogens (tertiary/aromatic N) is 3. The second kappa shape index (κ2) is 8.08. The van der Waals surface area contributed by atoms with Crippen LogP contribution in [0.15, 0.2) is 71.7 Å². The Morgan fingerprint density at radius 1 is 0.816 bits per heavy atom. The van der Waals surface area contributed by atoms with Crippen molar-refractivity contribution in [3.05, 3.63) is 87.9 Å². The monoisotopic (exact) mass is 547 g/mol. The molecule has 2 amide bonds. The molecule has 6 rings (SSSR count). The van der Waals surface area contributed by atoms with Crippen LogP contribution in [0.25, 0.3) is 0 Å². The minimum atomic E-state index is -1.00. The van der Waals surface area contributed by atoms with Gasteiger partial charge in [-0.15, -0.1) is 0 Å². The van der Waals surface area contributed by atoms with Crippen molar-refractivity contribution >= 4 is 58.0 Å². The number of β-lactam (4-membered cyclic amide) rings is 2. The molecule has 2 saturated heterocycles. The summed E-state index contributed by atoms with van der Waals surface area (Å²) >= 11 is 12.3. The smallest absolute Gasteiger partial charge is 0.241 e. The Bertz CT molecular complexity index is 1530. The number of aliphatic imine (C=N–C) groups is 1. The molecule has 0 aliphatic carbocycles. The van der Waals surface area contributed by atoms with Gasteiger partial charge in [0, 0.05) is 27.0 Å². The van der Waals surface area contributed by atoms with E-state index in [4.69, 9.17) is 32.9 Å². The second-order valence-corrected chi connectivity index (χ2v) is 12.1. The highest BCUT2D eigenvalue weighted by Crippen LogP contribution is 2.63. The normalized spacial score (nSPS) is 24.6. The molecule has 0 aromatic heterocycles. The van der Waals surface area contributed by atoms with Crippen LogP contribution in [-0.2, 0) is 19.9 Å². The summed E-state index contributed by atoms with van der Waals surface area (Å²) in [6, 6.07) is 20.3. The van der Waals surface area contributed by atoms with Gasteiger partial charge in [0.2, 0.25) is 17.7 Å². The summed E-state index contributed by atoms with van der Waals surface area (Å²) in [4.78, 5) is 35.3. The number of carbonyl (C=O) groups excluding carboxylic acids is 2. The molecule has 0 N–H and O–H groups in total. The predicted molar refractivity (Wildman–Crippen MR) is 150 cm³/mol.